The zero-order valence-electron chi connectivity index (χ0n) is 12.1. The molecule has 2 heteroatoms. The van der Waals surface area contributed by atoms with E-state index in [4.69, 9.17) is 0 Å². The highest BCUT2D eigenvalue weighted by Crippen LogP contribution is 2.12. The molecule has 0 bridgehead atoms. The molecule has 16 heavy (non-hydrogen) atoms. The molecule has 1 unspecified atom stereocenters. The minimum absolute atomic E-state index is 0.697. The Hall–Kier alpha value is -0.0800. The van der Waals surface area contributed by atoms with Crippen molar-refractivity contribution >= 4 is 0 Å². The van der Waals surface area contributed by atoms with Crippen molar-refractivity contribution in [2.24, 2.45) is 5.92 Å². The highest BCUT2D eigenvalue weighted by atomic mass is 15.2. The van der Waals surface area contributed by atoms with Gasteiger partial charge in [0, 0.05) is 12.6 Å². The van der Waals surface area contributed by atoms with Crippen LogP contribution in [0.3, 0.4) is 0 Å². The minimum atomic E-state index is 0.697. The molecule has 0 radical (unpaired) electrons. The lowest BCUT2D eigenvalue weighted by Gasteiger charge is -2.34. The van der Waals surface area contributed by atoms with E-state index in [-0.39, 0.29) is 0 Å². The molecule has 0 saturated carbocycles. The first-order valence-corrected chi connectivity index (χ1v) is 7.05. The summed E-state index contributed by atoms with van der Waals surface area (Å²) < 4.78 is 0. The molecule has 0 amide bonds. The van der Waals surface area contributed by atoms with Crippen LogP contribution >= 0.6 is 0 Å². The van der Waals surface area contributed by atoms with E-state index in [1.807, 2.05) is 0 Å². The van der Waals surface area contributed by atoms with Crippen molar-refractivity contribution in [3.8, 4) is 0 Å². The summed E-state index contributed by atoms with van der Waals surface area (Å²) in [5.74, 6) is 0.737. The first kappa shape index (κ1) is 15.9. The van der Waals surface area contributed by atoms with Crippen LogP contribution in [0.1, 0.15) is 53.4 Å². The van der Waals surface area contributed by atoms with Crippen LogP contribution in [-0.4, -0.2) is 37.6 Å². The lowest BCUT2D eigenvalue weighted by Crippen LogP contribution is -2.45. The van der Waals surface area contributed by atoms with E-state index < -0.39 is 0 Å². The van der Waals surface area contributed by atoms with E-state index >= 15 is 0 Å². The second-order valence-corrected chi connectivity index (χ2v) is 5.11. The van der Waals surface area contributed by atoms with Gasteiger partial charge >= 0.3 is 0 Å². The second kappa shape index (κ2) is 10.1. The molecule has 0 aromatic heterocycles. The smallest absolute Gasteiger partial charge is 0.0243 e. The van der Waals surface area contributed by atoms with Crippen LogP contribution in [0, 0.1) is 5.92 Å². The maximum Gasteiger partial charge on any atom is 0.0243 e. The van der Waals surface area contributed by atoms with Crippen LogP contribution in [0.4, 0.5) is 0 Å². The molecular formula is C14H32N2. The second-order valence-electron chi connectivity index (χ2n) is 5.11. The average molecular weight is 228 g/mol. The molecule has 98 valence electrons. The number of likely N-dealkylation sites (N-methyl/N-ethyl adjacent to an activating group) is 1. The Labute approximate surface area is 103 Å². The first-order chi connectivity index (χ1) is 7.67. The molecule has 0 heterocycles. The summed E-state index contributed by atoms with van der Waals surface area (Å²) >= 11 is 0. The van der Waals surface area contributed by atoms with Crippen LogP contribution in [0.25, 0.3) is 0 Å². The number of unbranched alkanes of at least 4 members (excludes halogenated alkanes) is 2. The lowest BCUT2D eigenvalue weighted by molar-refractivity contribution is 0.149. The average Bonchev–Trinajstić information content (AvgIpc) is 2.26. The van der Waals surface area contributed by atoms with Gasteiger partial charge in [0.25, 0.3) is 0 Å². The third-order valence-electron chi connectivity index (χ3n) is 3.25. The first-order valence-electron chi connectivity index (χ1n) is 7.05. The van der Waals surface area contributed by atoms with Gasteiger partial charge in [-0.05, 0) is 38.9 Å². The Kier molecular flexibility index (Phi) is 10.0. The molecule has 0 rings (SSSR count). The summed E-state index contributed by atoms with van der Waals surface area (Å²) in [4.78, 5) is 2.69. The zero-order chi connectivity index (χ0) is 12.4. The molecule has 0 aliphatic carbocycles. The number of nitrogens with one attached hydrogen (secondary N) is 1. The molecule has 0 aromatic rings. The Morgan fingerprint density at radius 3 is 1.81 bits per heavy atom. The van der Waals surface area contributed by atoms with Crippen LogP contribution in [0.2, 0.25) is 0 Å². The molecule has 2 nitrogen and oxygen atoms in total. The molecule has 0 fully saturated rings. The number of rotatable bonds is 10. The van der Waals surface area contributed by atoms with Crippen molar-refractivity contribution in [1.29, 1.82) is 0 Å². The van der Waals surface area contributed by atoms with Gasteiger partial charge in [-0.1, -0.05) is 40.5 Å². The van der Waals surface area contributed by atoms with Crippen LogP contribution < -0.4 is 5.32 Å². The maximum absolute atomic E-state index is 3.34. The van der Waals surface area contributed by atoms with Crippen LogP contribution in [-0.2, 0) is 0 Å². The molecule has 0 aliphatic heterocycles. The number of hydrogen-bond donors (Lipinski definition) is 1. The highest BCUT2D eigenvalue weighted by Gasteiger charge is 2.19. The standard InChI is InChI=1S/C14H32N2/c1-6-8-10-16(11-9-7-2)14(12-15-5)13(3)4/h13-15H,6-12H2,1-5H3. The van der Waals surface area contributed by atoms with Crippen LogP contribution in [0.15, 0.2) is 0 Å². The third kappa shape index (κ3) is 6.49. The van der Waals surface area contributed by atoms with Crippen molar-refractivity contribution in [1.82, 2.24) is 10.2 Å². The van der Waals surface area contributed by atoms with Gasteiger partial charge in [-0.2, -0.15) is 0 Å². The number of hydrogen-bond acceptors (Lipinski definition) is 2. The van der Waals surface area contributed by atoms with Crippen LogP contribution in [0.5, 0.6) is 0 Å². The van der Waals surface area contributed by atoms with Gasteiger partial charge in [-0.15, -0.1) is 0 Å². The van der Waals surface area contributed by atoms with Crippen molar-refractivity contribution in [3.05, 3.63) is 0 Å². The molecule has 1 N–H and O–H groups in total. The summed E-state index contributed by atoms with van der Waals surface area (Å²) in [7, 11) is 2.06. The van der Waals surface area contributed by atoms with Gasteiger partial charge in [-0.3, -0.25) is 4.90 Å². The minimum Gasteiger partial charge on any atom is -0.318 e. The fourth-order valence-electron chi connectivity index (χ4n) is 2.16. The van der Waals surface area contributed by atoms with Gasteiger partial charge in [0.15, 0.2) is 0 Å². The van der Waals surface area contributed by atoms with Gasteiger partial charge < -0.3 is 5.32 Å². The van der Waals surface area contributed by atoms with Gasteiger partial charge in [-0.25, -0.2) is 0 Å². The fraction of sp³-hybridized carbons (Fsp3) is 1.00. The zero-order valence-corrected chi connectivity index (χ0v) is 12.1. The SMILES string of the molecule is CCCCN(CCCC)C(CNC)C(C)C. The Morgan fingerprint density at radius 2 is 1.50 bits per heavy atom. The summed E-state index contributed by atoms with van der Waals surface area (Å²) in [6.45, 7) is 12.9. The molecule has 0 aromatic carbocycles. The van der Waals surface area contributed by atoms with E-state index in [0.29, 0.717) is 6.04 Å². The van der Waals surface area contributed by atoms with E-state index in [1.165, 1.54) is 38.8 Å². The molecule has 0 spiro atoms. The Morgan fingerprint density at radius 1 is 1.00 bits per heavy atom. The Balaban J connectivity index is 4.27. The maximum atomic E-state index is 3.34. The number of nitrogens with zero attached hydrogens (tertiary/aromatic N) is 1. The van der Waals surface area contributed by atoms with Gasteiger partial charge in [0.1, 0.15) is 0 Å². The van der Waals surface area contributed by atoms with Crippen molar-refractivity contribution < 1.29 is 0 Å². The van der Waals surface area contributed by atoms with Gasteiger partial charge in [0.05, 0.1) is 0 Å². The quantitative estimate of drug-likeness (QED) is 0.618. The van der Waals surface area contributed by atoms with E-state index in [1.54, 1.807) is 0 Å². The molecule has 0 saturated heterocycles. The summed E-state index contributed by atoms with van der Waals surface area (Å²) in [5, 5.41) is 3.34. The predicted octanol–water partition coefficient (Wildman–Crippen LogP) is 3.13. The monoisotopic (exact) mass is 228 g/mol. The molecule has 1 atom stereocenters. The van der Waals surface area contributed by atoms with Gasteiger partial charge in [0.2, 0.25) is 0 Å². The molecule has 0 aliphatic rings. The summed E-state index contributed by atoms with van der Waals surface area (Å²) in [6, 6.07) is 0.697. The van der Waals surface area contributed by atoms with Crippen molar-refractivity contribution in [2.75, 3.05) is 26.7 Å². The van der Waals surface area contributed by atoms with Crippen molar-refractivity contribution in [3.63, 3.8) is 0 Å². The molecular weight excluding hydrogens is 196 g/mol. The Bertz CT molecular complexity index is 138. The van der Waals surface area contributed by atoms with E-state index in [9.17, 15) is 0 Å². The van der Waals surface area contributed by atoms with Crippen molar-refractivity contribution in [2.45, 2.75) is 59.4 Å². The summed E-state index contributed by atoms with van der Waals surface area (Å²) in [6.07, 6.45) is 5.26. The predicted molar refractivity (Wildman–Crippen MR) is 73.9 cm³/mol. The third-order valence-corrected chi connectivity index (χ3v) is 3.25. The van der Waals surface area contributed by atoms with E-state index in [0.717, 1.165) is 12.5 Å². The normalized spacial score (nSPS) is 13.7. The topological polar surface area (TPSA) is 15.3 Å². The fourth-order valence-corrected chi connectivity index (χ4v) is 2.16. The lowest BCUT2D eigenvalue weighted by atomic mass is 10.0. The highest BCUT2D eigenvalue weighted by molar-refractivity contribution is 4.76. The van der Waals surface area contributed by atoms with E-state index in [2.05, 4.69) is 45.0 Å². The summed E-state index contributed by atoms with van der Waals surface area (Å²) in [5.41, 5.74) is 0. The largest absolute Gasteiger partial charge is 0.318 e.